The van der Waals surface area contributed by atoms with Gasteiger partial charge >= 0.3 is 0 Å². The summed E-state index contributed by atoms with van der Waals surface area (Å²) < 4.78 is 15.4. The van der Waals surface area contributed by atoms with Gasteiger partial charge in [0.05, 0.1) is 39.8 Å². The maximum Gasteiger partial charge on any atom is 0.257 e. The number of aliphatic imine (C=N–C) groups is 1. The van der Waals surface area contributed by atoms with E-state index in [2.05, 4.69) is 19.9 Å². The largest absolute Gasteiger partial charge is 0.481 e. The molecule has 98 valence electrons. The second-order valence-corrected chi connectivity index (χ2v) is 3.65. The Labute approximate surface area is 105 Å². The molecule has 0 bridgehead atoms. The van der Waals surface area contributed by atoms with Gasteiger partial charge in [-0.1, -0.05) is 0 Å². The third-order valence-corrected chi connectivity index (χ3v) is 2.47. The van der Waals surface area contributed by atoms with E-state index >= 15 is 0 Å². The van der Waals surface area contributed by atoms with Crippen LogP contribution in [0.15, 0.2) is 11.1 Å². The Morgan fingerprint density at radius 3 is 2.39 bits per heavy atom. The van der Waals surface area contributed by atoms with Crippen LogP contribution >= 0.6 is 0 Å². The normalized spacial score (nSPS) is 16.0. The zero-order valence-electron chi connectivity index (χ0n) is 10.5. The van der Waals surface area contributed by atoms with Crippen LogP contribution in [0, 0.1) is 0 Å². The van der Waals surface area contributed by atoms with E-state index in [0.29, 0.717) is 30.9 Å². The van der Waals surface area contributed by atoms with Crippen molar-refractivity contribution in [2.75, 3.05) is 40.5 Å². The van der Waals surface area contributed by atoms with E-state index in [-0.39, 0.29) is 0 Å². The highest BCUT2D eigenvalue weighted by Crippen LogP contribution is 2.18. The van der Waals surface area contributed by atoms with Crippen molar-refractivity contribution in [2.24, 2.45) is 4.99 Å². The summed E-state index contributed by atoms with van der Waals surface area (Å²) in [6.07, 6.45) is 1.72. The predicted octanol–water partition coefficient (Wildman–Crippen LogP) is 0.486. The number of hydrogen-bond acceptors (Lipinski definition) is 6. The number of nitrogens with zero attached hydrogens (tertiary/aromatic N) is 4. The second-order valence-electron chi connectivity index (χ2n) is 3.65. The summed E-state index contributed by atoms with van der Waals surface area (Å²) in [6, 6.07) is 1.60. The van der Waals surface area contributed by atoms with Crippen LogP contribution < -0.4 is 9.47 Å². The van der Waals surface area contributed by atoms with Crippen LogP contribution in [0.25, 0.3) is 0 Å². The molecule has 0 N–H and O–H groups in total. The molecule has 0 aromatic carbocycles. The maximum absolute atomic E-state index is 5.25. The van der Waals surface area contributed by atoms with Crippen molar-refractivity contribution in [1.82, 2.24) is 14.9 Å². The molecule has 7 heteroatoms. The molecule has 0 atom stereocenters. The van der Waals surface area contributed by atoms with Gasteiger partial charge in [0, 0.05) is 13.1 Å². The minimum Gasteiger partial charge on any atom is -0.481 e. The van der Waals surface area contributed by atoms with Crippen molar-refractivity contribution in [3.63, 3.8) is 0 Å². The van der Waals surface area contributed by atoms with Gasteiger partial charge in [0.1, 0.15) is 0 Å². The van der Waals surface area contributed by atoms with Gasteiger partial charge in [-0.2, -0.15) is 9.97 Å². The zero-order chi connectivity index (χ0) is 12.8. The summed E-state index contributed by atoms with van der Waals surface area (Å²) >= 11 is 0. The maximum atomic E-state index is 5.25. The van der Waals surface area contributed by atoms with Crippen LogP contribution in [0.1, 0.15) is 0 Å². The Kier molecular flexibility index (Phi) is 4.30. The summed E-state index contributed by atoms with van der Waals surface area (Å²) in [6.45, 7) is 3.08. The summed E-state index contributed by atoms with van der Waals surface area (Å²) in [7, 11) is 3.08. The minimum absolute atomic E-state index is 0.317. The van der Waals surface area contributed by atoms with Crippen LogP contribution in [-0.4, -0.2) is 61.7 Å². The van der Waals surface area contributed by atoms with Gasteiger partial charge in [-0.05, 0) is 0 Å². The smallest absolute Gasteiger partial charge is 0.257 e. The first-order valence-electron chi connectivity index (χ1n) is 5.65. The number of aromatic nitrogens is 2. The first-order valence-corrected chi connectivity index (χ1v) is 5.65. The lowest BCUT2D eigenvalue weighted by Crippen LogP contribution is -2.35. The Balaban J connectivity index is 2.09. The van der Waals surface area contributed by atoms with E-state index in [1.165, 1.54) is 14.2 Å². The summed E-state index contributed by atoms with van der Waals surface area (Å²) in [4.78, 5) is 14.5. The van der Waals surface area contributed by atoms with Gasteiger partial charge in [-0.25, -0.2) is 4.99 Å². The Bertz CT molecular complexity index is 396. The number of methoxy groups -OCH3 is 2. The van der Waals surface area contributed by atoms with Crippen LogP contribution in [0.4, 0.5) is 5.95 Å². The summed E-state index contributed by atoms with van der Waals surface area (Å²) in [5, 5.41) is 0. The molecule has 2 heterocycles. The molecule has 0 saturated carbocycles. The highest BCUT2D eigenvalue weighted by atomic mass is 16.5. The van der Waals surface area contributed by atoms with E-state index in [4.69, 9.17) is 14.2 Å². The predicted molar refractivity (Wildman–Crippen MR) is 65.7 cm³/mol. The SMILES string of the molecule is COc1cc(OC)nc(N=CN2CCOCC2)n1. The van der Waals surface area contributed by atoms with E-state index in [1.54, 1.807) is 12.4 Å². The van der Waals surface area contributed by atoms with E-state index in [9.17, 15) is 0 Å². The fourth-order valence-electron chi connectivity index (χ4n) is 1.49. The van der Waals surface area contributed by atoms with Crippen molar-refractivity contribution in [1.29, 1.82) is 0 Å². The fraction of sp³-hybridized carbons (Fsp3) is 0.545. The molecule has 0 spiro atoms. The summed E-state index contributed by atoms with van der Waals surface area (Å²) in [5.74, 6) is 1.17. The van der Waals surface area contributed by atoms with Gasteiger partial charge in [0.2, 0.25) is 11.8 Å². The number of rotatable bonds is 4. The number of morpholine rings is 1. The monoisotopic (exact) mass is 252 g/mol. The third kappa shape index (κ3) is 3.30. The van der Waals surface area contributed by atoms with Gasteiger partial charge in [0.25, 0.3) is 5.95 Å². The lowest BCUT2D eigenvalue weighted by atomic mass is 10.5. The average Bonchev–Trinajstić information content (AvgIpc) is 2.45. The Morgan fingerprint density at radius 2 is 1.83 bits per heavy atom. The van der Waals surface area contributed by atoms with Crippen LogP contribution in [0.5, 0.6) is 11.8 Å². The lowest BCUT2D eigenvalue weighted by molar-refractivity contribution is 0.0701. The highest BCUT2D eigenvalue weighted by Gasteiger charge is 2.07. The third-order valence-electron chi connectivity index (χ3n) is 2.47. The van der Waals surface area contributed by atoms with Crippen molar-refractivity contribution in [3.8, 4) is 11.8 Å². The van der Waals surface area contributed by atoms with E-state index in [1.807, 2.05) is 0 Å². The van der Waals surface area contributed by atoms with E-state index in [0.717, 1.165) is 13.1 Å². The second kappa shape index (κ2) is 6.15. The molecule has 0 unspecified atom stereocenters. The molecule has 1 aromatic heterocycles. The summed E-state index contributed by atoms with van der Waals surface area (Å²) in [5.41, 5.74) is 0. The highest BCUT2D eigenvalue weighted by molar-refractivity contribution is 5.59. The van der Waals surface area contributed by atoms with Crippen LogP contribution in [0.2, 0.25) is 0 Å². The van der Waals surface area contributed by atoms with Crippen molar-refractivity contribution in [3.05, 3.63) is 6.07 Å². The van der Waals surface area contributed by atoms with Gasteiger partial charge < -0.3 is 19.1 Å². The van der Waals surface area contributed by atoms with Crippen molar-refractivity contribution in [2.45, 2.75) is 0 Å². The molecular formula is C11H16N4O3. The van der Waals surface area contributed by atoms with Gasteiger partial charge in [-0.3, -0.25) is 0 Å². The Morgan fingerprint density at radius 1 is 1.22 bits per heavy atom. The molecule has 0 aliphatic carbocycles. The lowest BCUT2D eigenvalue weighted by Gasteiger charge is -2.23. The molecule has 0 radical (unpaired) electrons. The average molecular weight is 252 g/mol. The molecule has 1 aliphatic rings. The zero-order valence-corrected chi connectivity index (χ0v) is 10.5. The molecule has 1 aliphatic heterocycles. The molecule has 7 nitrogen and oxygen atoms in total. The number of ether oxygens (including phenoxy) is 3. The quantitative estimate of drug-likeness (QED) is 0.573. The first kappa shape index (κ1) is 12.6. The molecular weight excluding hydrogens is 236 g/mol. The minimum atomic E-state index is 0.317. The molecule has 1 aromatic rings. The van der Waals surface area contributed by atoms with Crippen LogP contribution in [-0.2, 0) is 4.74 Å². The van der Waals surface area contributed by atoms with Crippen molar-refractivity contribution >= 4 is 12.3 Å². The van der Waals surface area contributed by atoms with Crippen LogP contribution in [0.3, 0.4) is 0 Å². The molecule has 1 saturated heterocycles. The van der Waals surface area contributed by atoms with E-state index < -0.39 is 0 Å². The van der Waals surface area contributed by atoms with Crippen molar-refractivity contribution < 1.29 is 14.2 Å². The molecule has 2 rings (SSSR count). The fourth-order valence-corrected chi connectivity index (χ4v) is 1.49. The first-order chi connectivity index (χ1) is 8.81. The molecule has 1 fully saturated rings. The standard InChI is InChI=1S/C11H16N4O3/c1-16-9-7-10(17-2)14-11(13-9)12-8-15-3-5-18-6-4-15/h7-8H,3-6H2,1-2H3. The topological polar surface area (TPSA) is 69.1 Å². The van der Waals surface area contributed by atoms with Gasteiger partial charge in [0.15, 0.2) is 0 Å². The van der Waals surface area contributed by atoms with Gasteiger partial charge in [-0.15, -0.1) is 0 Å². The molecule has 18 heavy (non-hydrogen) atoms. The number of hydrogen-bond donors (Lipinski definition) is 0. The molecule has 0 amide bonds. The Hall–Kier alpha value is -1.89.